The lowest BCUT2D eigenvalue weighted by molar-refractivity contribution is -0.135. The smallest absolute Gasteiger partial charge is 0.226 e. The molecule has 19 heavy (non-hydrogen) atoms. The van der Waals surface area contributed by atoms with Gasteiger partial charge in [-0.05, 0) is 26.2 Å². The van der Waals surface area contributed by atoms with Crippen molar-refractivity contribution in [3.63, 3.8) is 0 Å². The molecule has 0 aromatic carbocycles. The van der Waals surface area contributed by atoms with E-state index < -0.39 is 0 Å². The van der Waals surface area contributed by atoms with Crippen LogP contribution < -0.4 is 5.73 Å². The molecule has 1 saturated carbocycles. The number of hydrogen-bond donors (Lipinski definition) is 1. The van der Waals surface area contributed by atoms with Crippen LogP contribution >= 0.6 is 0 Å². The largest absolute Gasteiger partial charge is 0.341 e. The van der Waals surface area contributed by atoms with Crippen LogP contribution in [0.1, 0.15) is 46.0 Å². The molecule has 1 aliphatic carbocycles. The van der Waals surface area contributed by atoms with Gasteiger partial charge in [-0.2, -0.15) is 0 Å². The predicted molar refractivity (Wildman–Crippen MR) is 77.8 cm³/mol. The number of carbonyl (C=O) groups excluding carboxylic acids is 1. The first-order chi connectivity index (χ1) is 9.09. The Labute approximate surface area is 117 Å². The number of amides is 1. The van der Waals surface area contributed by atoms with Crippen molar-refractivity contribution in [2.75, 3.05) is 26.2 Å². The minimum absolute atomic E-state index is 0.0540. The summed E-state index contributed by atoms with van der Waals surface area (Å²) in [6, 6.07) is 0.725. The van der Waals surface area contributed by atoms with Crippen LogP contribution in [0.2, 0.25) is 0 Å². The summed E-state index contributed by atoms with van der Waals surface area (Å²) in [5, 5.41) is 0. The van der Waals surface area contributed by atoms with Gasteiger partial charge in [0, 0.05) is 38.3 Å². The van der Waals surface area contributed by atoms with Crippen LogP contribution in [-0.4, -0.2) is 54.0 Å². The van der Waals surface area contributed by atoms with Gasteiger partial charge in [-0.3, -0.25) is 9.69 Å². The van der Waals surface area contributed by atoms with Crippen LogP contribution in [0.3, 0.4) is 0 Å². The highest BCUT2D eigenvalue weighted by Gasteiger charge is 2.28. The number of rotatable bonds is 3. The zero-order valence-corrected chi connectivity index (χ0v) is 12.5. The molecule has 2 fully saturated rings. The summed E-state index contributed by atoms with van der Waals surface area (Å²) >= 11 is 0. The number of hydrogen-bond acceptors (Lipinski definition) is 3. The van der Waals surface area contributed by atoms with Gasteiger partial charge in [-0.25, -0.2) is 0 Å². The van der Waals surface area contributed by atoms with Crippen molar-refractivity contribution in [3.8, 4) is 0 Å². The van der Waals surface area contributed by atoms with E-state index in [4.69, 9.17) is 5.73 Å². The summed E-state index contributed by atoms with van der Waals surface area (Å²) in [4.78, 5) is 17.0. The maximum absolute atomic E-state index is 12.3. The van der Waals surface area contributed by atoms with Crippen molar-refractivity contribution in [1.82, 2.24) is 9.80 Å². The Morgan fingerprint density at radius 2 is 1.74 bits per heavy atom. The number of carbonyl (C=O) groups is 1. The molecule has 4 nitrogen and oxygen atoms in total. The normalized spacial score (nSPS) is 26.2. The molecule has 0 radical (unpaired) electrons. The molecule has 1 heterocycles. The molecule has 2 atom stereocenters. The third-order valence-corrected chi connectivity index (χ3v) is 4.86. The molecular formula is C15H29N3O. The van der Waals surface area contributed by atoms with Crippen LogP contribution in [0, 0.1) is 5.92 Å². The van der Waals surface area contributed by atoms with E-state index in [2.05, 4.69) is 4.90 Å². The fourth-order valence-electron chi connectivity index (χ4n) is 3.31. The minimum atomic E-state index is -0.0574. The van der Waals surface area contributed by atoms with Gasteiger partial charge in [0.05, 0.1) is 5.92 Å². The first-order valence-electron chi connectivity index (χ1n) is 7.88. The summed E-state index contributed by atoms with van der Waals surface area (Å²) < 4.78 is 0. The Bertz CT molecular complexity index is 300. The van der Waals surface area contributed by atoms with E-state index in [0.717, 1.165) is 38.6 Å². The molecule has 0 bridgehead atoms. The van der Waals surface area contributed by atoms with Crippen molar-refractivity contribution in [3.05, 3.63) is 0 Å². The van der Waals surface area contributed by atoms with Crippen LogP contribution in [0.5, 0.6) is 0 Å². The van der Waals surface area contributed by atoms with Gasteiger partial charge in [0.2, 0.25) is 5.91 Å². The molecule has 2 unspecified atom stereocenters. The lowest BCUT2D eigenvalue weighted by Crippen LogP contribution is -2.43. The maximum Gasteiger partial charge on any atom is 0.226 e. The van der Waals surface area contributed by atoms with E-state index in [0.29, 0.717) is 0 Å². The highest BCUT2D eigenvalue weighted by Crippen LogP contribution is 2.24. The van der Waals surface area contributed by atoms with E-state index in [1.807, 2.05) is 18.7 Å². The average Bonchev–Trinajstić information content (AvgIpc) is 2.81. The summed E-state index contributed by atoms with van der Waals surface area (Å²) in [6.07, 6.45) is 6.57. The average molecular weight is 267 g/mol. The van der Waals surface area contributed by atoms with Crippen molar-refractivity contribution < 1.29 is 4.79 Å². The Hall–Kier alpha value is -0.610. The van der Waals surface area contributed by atoms with Gasteiger partial charge in [-0.1, -0.05) is 19.8 Å². The summed E-state index contributed by atoms with van der Waals surface area (Å²) in [5.41, 5.74) is 5.85. The zero-order valence-electron chi connectivity index (χ0n) is 12.5. The van der Waals surface area contributed by atoms with Crippen molar-refractivity contribution in [2.24, 2.45) is 11.7 Å². The minimum Gasteiger partial charge on any atom is -0.341 e. The van der Waals surface area contributed by atoms with Crippen molar-refractivity contribution >= 4 is 5.91 Å². The van der Waals surface area contributed by atoms with Crippen molar-refractivity contribution in [1.29, 1.82) is 0 Å². The number of nitrogens with two attached hydrogens (primary N) is 1. The van der Waals surface area contributed by atoms with E-state index >= 15 is 0 Å². The van der Waals surface area contributed by atoms with Crippen LogP contribution in [0.4, 0.5) is 0 Å². The van der Waals surface area contributed by atoms with Gasteiger partial charge >= 0.3 is 0 Å². The quantitative estimate of drug-likeness (QED) is 0.842. The fraction of sp³-hybridized carbons (Fsp3) is 0.933. The first-order valence-corrected chi connectivity index (χ1v) is 7.88. The van der Waals surface area contributed by atoms with Gasteiger partial charge in [0.25, 0.3) is 0 Å². The third kappa shape index (κ3) is 3.69. The molecule has 2 rings (SSSR count). The SMILES string of the molecule is CC(N)C(C)C(=O)N1CCCN(C2CCCC2)CC1. The molecule has 0 aromatic rings. The molecule has 0 aromatic heterocycles. The predicted octanol–water partition coefficient (Wildman–Crippen LogP) is 1.45. The van der Waals surface area contributed by atoms with Crippen LogP contribution in [0.25, 0.3) is 0 Å². The first kappa shape index (κ1) is 14.8. The van der Waals surface area contributed by atoms with E-state index in [-0.39, 0.29) is 17.9 Å². The van der Waals surface area contributed by atoms with Gasteiger partial charge in [-0.15, -0.1) is 0 Å². The van der Waals surface area contributed by atoms with Gasteiger partial charge < -0.3 is 10.6 Å². The number of nitrogens with zero attached hydrogens (tertiary/aromatic N) is 2. The second-order valence-electron chi connectivity index (χ2n) is 6.30. The highest BCUT2D eigenvalue weighted by atomic mass is 16.2. The topological polar surface area (TPSA) is 49.6 Å². The Kier molecular flexibility index (Phi) is 5.22. The molecular weight excluding hydrogens is 238 g/mol. The molecule has 1 aliphatic heterocycles. The van der Waals surface area contributed by atoms with E-state index in [9.17, 15) is 4.79 Å². The van der Waals surface area contributed by atoms with Gasteiger partial charge in [0.15, 0.2) is 0 Å². The van der Waals surface area contributed by atoms with Crippen LogP contribution in [-0.2, 0) is 4.79 Å². The summed E-state index contributed by atoms with van der Waals surface area (Å²) in [7, 11) is 0. The summed E-state index contributed by atoms with van der Waals surface area (Å²) in [6.45, 7) is 7.85. The third-order valence-electron chi connectivity index (χ3n) is 4.86. The molecule has 110 valence electrons. The molecule has 2 aliphatic rings. The summed E-state index contributed by atoms with van der Waals surface area (Å²) in [5.74, 6) is 0.182. The second kappa shape index (κ2) is 6.71. The fourth-order valence-corrected chi connectivity index (χ4v) is 3.31. The van der Waals surface area contributed by atoms with Gasteiger partial charge in [0.1, 0.15) is 0 Å². The Balaban J connectivity index is 1.87. The molecule has 0 spiro atoms. The maximum atomic E-state index is 12.3. The molecule has 1 saturated heterocycles. The second-order valence-corrected chi connectivity index (χ2v) is 6.30. The molecule has 4 heteroatoms. The lowest BCUT2D eigenvalue weighted by Gasteiger charge is -2.28. The van der Waals surface area contributed by atoms with Crippen LogP contribution in [0.15, 0.2) is 0 Å². The monoisotopic (exact) mass is 267 g/mol. The van der Waals surface area contributed by atoms with Crippen molar-refractivity contribution in [2.45, 2.75) is 58.0 Å². The Morgan fingerprint density at radius 3 is 2.37 bits per heavy atom. The highest BCUT2D eigenvalue weighted by molar-refractivity contribution is 5.79. The zero-order chi connectivity index (χ0) is 13.8. The standard InChI is InChI=1S/C15H29N3O/c1-12(13(2)16)15(19)18-9-5-8-17(10-11-18)14-6-3-4-7-14/h12-14H,3-11,16H2,1-2H3. The lowest BCUT2D eigenvalue weighted by atomic mass is 10.0. The Morgan fingerprint density at radius 1 is 1.05 bits per heavy atom. The van der Waals surface area contributed by atoms with E-state index in [1.54, 1.807) is 0 Å². The molecule has 2 N–H and O–H groups in total. The molecule has 1 amide bonds. The van der Waals surface area contributed by atoms with E-state index in [1.165, 1.54) is 25.7 Å².